The van der Waals surface area contributed by atoms with Gasteiger partial charge in [-0.2, -0.15) is 0 Å². The summed E-state index contributed by atoms with van der Waals surface area (Å²) in [6.45, 7) is 6.36. The third-order valence-corrected chi connectivity index (χ3v) is 9.71. The van der Waals surface area contributed by atoms with Crippen LogP contribution in [0, 0.1) is 22.0 Å². The summed E-state index contributed by atoms with van der Waals surface area (Å²) in [7, 11) is 0. The smallest absolute Gasteiger partial charge is 0.343 e. The van der Waals surface area contributed by atoms with Crippen molar-refractivity contribution in [2.24, 2.45) is 11.8 Å². The largest absolute Gasteiger partial charge is 0.484 e. The molecule has 0 aromatic heterocycles. The van der Waals surface area contributed by atoms with E-state index in [2.05, 4.69) is 26.0 Å². The van der Waals surface area contributed by atoms with Crippen LogP contribution in [0.15, 0.2) is 60.7 Å². The molecule has 0 bridgehead atoms. The van der Waals surface area contributed by atoms with Crippen LogP contribution in [0.2, 0.25) is 0 Å². The highest BCUT2D eigenvalue weighted by Crippen LogP contribution is 2.38. The van der Waals surface area contributed by atoms with Gasteiger partial charge in [0.05, 0.1) is 16.6 Å². The second-order valence-corrected chi connectivity index (χ2v) is 13.5. The molecule has 47 heavy (non-hydrogen) atoms. The molecule has 7 nitrogen and oxygen atoms in total. The first-order valence-corrected chi connectivity index (χ1v) is 17.9. The van der Waals surface area contributed by atoms with Crippen LogP contribution >= 0.6 is 0 Å². The Bertz CT molecular complexity index is 1410. The molecule has 1 fully saturated rings. The number of anilines is 1. The van der Waals surface area contributed by atoms with Gasteiger partial charge in [0, 0.05) is 23.4 Å². The molecule has 3 aromatic rings. The number of carbonyl (C=O) groups is 1. The van der Waals surface area contributed by atoms with Gasteiger partial charge in [0.25, 0.3) is 0 Å². The lowest BCUT2D eigenvalue weighted by atomic mass is 9.78. The van der Waals surface area contributed by atoms with Crippen LogP contribution in [0.5, 0.6) is 11.5 Å². The van der Waals surface area contributed by atoms with E-state index in [0.717, 1.165) is 50.4 Å². The molecule has 0 spiro atoms. The van der Waals surface area contributed by atoms with Crippen LogP contribution in [0.4, 0.5) is 11.4 Å². The van der Waals surface area contributed by atoms with E-state index in [4.69, 9.17) is 15.2 Å². The molecule has 0 amide bonds. The van der Waals surface area contributed by atoms with Gasteiger partial charge in [-0.3, -0.25) is 10.1 Å². The van der Waals surface area contributed by atoms with E-state index in [0.29, 0.717) is 28.1 Å². The summed E-state index contributed by atoms with van der Waals surface area (Å²) in [5.74, 6) is 1.97. The highest BCUT2D eigenvalue weighted by molar-refractivity contribution is 5.92. The van der Waals surface area contributed by atoms with Gasteiger partial charge in [-0.15, -0.1) is 0 Å². The first kappa shape index (κ1) is 36.0. The minimum atomic E-state index is -0.462. The van der Waals surface area contributed by atoms with Crippen molar-refractivity contribution in [1.29, 1.82) is 0 Å². The third kappa shape index (κ3) is 11.1. The molecule has 1 atom stereocenters. The van der Waals surface area contributed by atoms with E-state index in [9.17, 15) is 14.9 Å². The summed E-state index contributed by atoms with van der Waals surface area (Å²) in [6.07, 6.45) is 18.3. The number of unbranched alkanes of at least 4 members (excludes halogenated alkanes) is 5. The molecule has 1 aliphatic rings. The van der Waals surface area contributed by atoms with Gasteiger partial charge >= 0.3 is 11.7 Å². The molecular weight excluding hydrogens is 588 g/mol. The fourth-order valence-electron chi connectivity index (χ4n) is 6.74. The quantitative estimate of drug-likeness (QED) is 0.0370. The summed E-state index contributed by atoms with van der Waals surface area (Å²) >= 11 is 0. The van der Waals surface area contributed by atoms with Crippen LogP contribution in [-0.2, 0) is 6.42 Å². The Labute approximate surface area is 281 Å². The molecule has 0 heterocycles. The fraction of sp³-hybridized carbons (Fsp3) is 0.525. The number of nitrogens with zero attached hydrogens (tertiary/aromatic N) is 1. The van der Waals surface area contributed by atoms with E-state index in [1.165, 1.54) is 75.5 Å². The molecule has 0 unspecified atom stereocenters. The minimum absolute atomic E-state index is 0.133. The second kappa shape index (κ2) is 18.5. The summed E-state index contributed by atoms with van der Waals surface area (Å²) in [4.78, 5) is 24.4. The summed E-state index contributed by atoms with van der Waals surface area (Å²) < 4.78 is 11.6. The lowest BCUT2D eigenvalue weighted by molar-refractivity contribution is -0.386. The van der Waals surface area contributed by atoms with E-state index in [1.54, 1.807) is 24.3 Å². The lowest BCUT2D eigenvalue weighted by Gasteiger charge is -2.28. The van der Waals surface area contributed by atoms with E-state index in [-0.39, 0.29) is 17.5 Å². The van der Waals surface area contributed by atoms with Crippen molar-refractivity contribution < 1.29 is 19.2 Å². The average Bonchev–Trinajstić information content (AvgIpc) is 3.07. The van der Waals surface area contributed by atoms with Crippen LogP contribution in [0.25, 0.3) is 11.1 Å². The Hall–Kier alpha value is -3.87. The number of rotatable bonds is 18. The van der Waals surface area contributed by atoms with Gasteiger partial charge in [-0.05, 0) is 79.8 Å². The molecule has 3 aromatic carbocycles. The number of benzene rings is 3. The summed E-state index contributed by atoms with van der Waals surface area (Å²) in [5.41, 5.74) is 9.40. The monoisotopic (exact) mass is 642 g/mol. The standard InChI is InChI=1S/C40H54N2O5/c1-4-6-8-10-11-29(3)46-39-28-37(41)36(27-38(39)42(44)45)33-21-23-34(24-22-33)40(43)47-35-25-19-32(20-26-35)18-17-31-15-13-30(14-16-31)12-9-7-5-2/h19-31H,4-18,41H2,1-3H3/t29-,30?,31?/m1/s1. The van der Waals surface area contributed by atoms with Crippen LogP contribution in [-0.4, -0.2) is 17.0 Å². The number of aryl methyl sites for hydroxylation is 1. The van der Waals surface area contributed by atoms with E-state index >= 15 is 0 Å². The molecule has 0 saturated heterocycles. The molecular formula is C40H54N2O5. The van der Waals surface area contributed by atoms with Crippen LogP contribution in [0.1, 0.15) is 127 Å². The molecule has 0 aliphatic heterocycles. The Morgan fingerprint density at radius 1 is 0.872 bits per heavy atom. The number of hydrogen-bond acceptors (Lipinski definition) is 6. The normalized spacial score (nSPS) is 16.8. The predicted octanol–water partition coefficient (Wildman–Crippen LogP) is 11.1. The molecule has 1 aliphatic carbocycles. The molecule has 1 saturated carbocycles. The molecule has 254 valence electrons. The van der Waals surface area contributed by atoms with E-state index in [1.807, 2.05) is 19.1 Å². The maximum Gasteiger partial charge on any atom is 0.343 e. The van der Waals surface area contributed by atoms with Crippen molar-refractivity contribution >= 4 is 17.3 Å². The predicted molar refractivity (Wildman–Crippen MR) is 191 cm³/mol. The highest BCUT2D eigenvalue weighted by atomic mass is 16.6. The van der Waals surface area contributed by atoms with Crippen molar-refractivity contribution in [2.45, 2.75) is 123 Å². The highest BCUT2D eigenvalue weighted by Gasteiger charge is 2.22. The Morgan fingerprint density at radius 2 is 1.51 bits per heavy atom. The number of esters is 1. The first-order valence-electron chi connectivity index (χ1n) is 17.9. The van der Waals surface area contributed by atoms with Gasteiger partial charge in [0.15, 0.2) is 5.75 Å². The molecule has 2 N–H and O–H groups in total. The Kier molecular flexibility index (Phi) is 14.1. The molecule has 7 heteroatoms. The number of hydrogen-bond donors (Lipinski definition) is 1. The molecule has 4 rings (SSSR count). The number of carbonyl (C=O) groups excluding carboxylic acids is 1. The maximum absolute atomic E-state index is 12.9. The number of nitrogens with two attached hydrogens (primary N) is 1. The van der Waals surface area contributed by atoms with E-state index < -0.39 is 10.9 Å². The van der Waals surface area contributed by atoms with Crippen molar-refractivity contribution in [3.63, 3.8) is 0 Å². The van der Waals surface area contributed by atoms with Gasteiger partial charge < -0.3 is 15.2 Å². The average molecular weight is 643 g/mol. The topological polar surface area (TPSA) is 105 Å². The maximum atomic E-state index is 12.9. The number of nitro groups is 1. The third-order valence-electron chi connectivity index (χ3n) is 9.71. The SMILES string of the molecule is CCCCCC[C@@H](C)Oc1cc(N)c(-c2ccc(C(=O)Oc3ccc(CCC4CCC(CCCCC)CC4)cc3)cc2)cc1[N+](=O)[O-]. The lowest BCUT2D eigenvalue weighted by Crippen LogP contribution is -2.15. The van der Waals surface area contributed by atoms with Crippen molar-refractivity contribution in [3.8, 4) is 22.6 Å². The zero-order chi connectivity index (χ0) is 33.6. The van der Waals surface area contributed by atoms with Crippen molar-refractivity contribution in [3.05, 3.63) is 81.9 Å². The van der Waals surface area contributed by atoms with Gasteiger partial charge in [0.1, 0.15) is 5.75 Å². The zero-order valence-corrected chi connectivity index (χ0v) is 28.7. The van der Waals surface area contributed by atoms with Gasteiger partial charge in [-0.25, -0.2) is 4.79 Å². The number of nitro benzene ring substituents is 1. The number of nitrogen functional groups attached to an aromatic ring is 1. The van der Waals surface area contributed by atoms with Gasteiger partial charge in [-0.1, -0.05) is 109 Å². The molecule has 0 radical (unpaired) electrons. The van der Waals surface area contributed by atoms with Crippen molar-refractivity contribution in [2.75, 3.05) is 5.73 Å². The fourth-order valence-corrected chi connectivity index (χ4v) is 6.74. The van der Waals surface area contributed by atoms with Crippen LogP contribution in [0.3, 0.4) is 0 Å². The van der Waals surface area contributed by atoms with Crippen molar-refractivity contribution in [1.82, 2.24) is 0 Å². The Morgan fingerprint density at radius 3 is 2.15 bits per heavy atom. The van der Waals surface area contributed by atoms with Crippen LogP contribution < -0.4 is 15.2 Å². The number of ether oxygens (including phenoxy) is 2. The summed E-state index contributed by atoms with van der Waals surface area (Å²) in [5, 5.41) is 11.9. The zero-order valence-electron chi connectivity index (χ0n) is 28.7. The minimum Gasteiger partial charge on any atom is -0.484 e. The first-order chi connectivity index (χ1) is 22.8. The second-order valence-electron chi connectivity index (χ2n) is 13.5. The van der Waals surface area contributed by atoms with Gasteiger partial charge in [0.2, 0.25) is 0 Å². The summed E-state index contributed by atoms with van der Waals surface area (Å²) in [6, 6.07) is 17.6. The Balaban J connectivity index is 1.29.